The number of fused-ring (bicyclic) bond motifs is 5. The molecule has 0 atom stereocenters. The number of aliphatic hydroxyl groups is 1. The molecule has 12 heteroatoms. The van der Waals surface area contributed by atoms with E-state index in [1.807, 2.05) is 32.9 Å². The molecular formula is C36H35ClF2N4O5. The van der Waals surface area contributed by atoms with Crippen molar-refractivity contribution in [1.29, 1.82) is 0 Å². The summed E-state index contributed by atoms with van der Waals surface area (Å²) in [5.74, 6) is -0.729. The predicted octanol–water partition coefficient (Wildman–Crippen LogP) is 6.48. The summed E-state index contributed by atoms with van der Waals surface area (Å²) in [4.78, 5) is 42.3. The Balaban J connectivity index is 1.86. The van der Waals surface area contributed by atoms with E-state index in [2.05, 4.69) is 4.98 Å². The lowest BCUT2D eigenvalue weighted by Crippen LogP contribution is -2.16. The topological polar surface area (TPSA) is 126 Å². The molecule has 5 rings (SSSR count). The number of ether oxygens (including phenoxy) is 2. The van der Waals surface area contributed by atoms with Crippen LogP contribution < -0.4 is 10.7 Å². The summed E-state index contributed by atoms with van der Waals surface area (Å²) in [6.07, 6.45) is 5.77. The number of aromatic nitrogens is 1. The van der Waals surface area contributed by atoms with Gasteiger partial charge in [0.25, 0.3) is 6.08 Å². The Morgan fingerprint density at radius 2 is 1.40 bits per heavy atom. The fraction of sp³-hybridized carbons (Fsp3) is 0.306. The van der Waals surface area contributed by atoms with E-state index < -0.39 is 17.1 Å². The zero-order chi connectivity index (χ0) is 35.0. The number of nitrogens with zero attached hydrogens (tertiary/aromatic N) is 3. The Morgan fingerprint density at radius 3 is 2.00 bits per heavy atom. The van der Waals surface area contributed by atoms with Crippen LogP contribution in [-0.4, -0.2) is 53.4 Å². The van der Waals surface area contributed by atoms with Crippen LogP contribution >= 0.6 is 11.6 Å². The third kappa shape index (κ3) is 6.47. The molecule has 1 aromatic rings. The first kappa shape index (κ1) is 34.4. The second-order valence-corrected chi connectivity index (χ2v) is 12.1. The maximum atomic E-state index is 14.0. The fourth-order valence-corrected chi connectivity index (χ4v) is 6.40. The number of rotatable bonds is 7. The standard InChI is InChI=1S/C36H35ClF2N4O5/c1-16-21(8-10-31(45)47-6)27-15-28-22(9-11-32(46)48-7)17(2)24(41-28)13-30-34(35(37)36(38)39)19(4)26(43-30)14-29-33(20(5)44)18(3)25(42-29)12-23(16)40-27/h12-15,43-44H,8-11H2,1-7H3/b23-12?,26-14?,28-15?,30-13?,33-20-. The SMILES string of the molecule is COC(=O)CCC1=C(C)C2=NC1=CC1=NC(=CC3=C(C)/C(=C(\C)O)C(=N3)C=c3[nH]c(c(C(Cl)=C(F)F)c3C)=C2)C(C)=C1CCC(=O)OC. The van der Waals surface area contributed by atoms with Gasteiger partial charge in [-0.3, -0.25) is 9.59 Å². The molecule has 1 aromatic heterocycles. The monoisotopic (exact) mass is 676 g/mol. The molecule has 0 aromatic carbocycles. The number of hydrogen-bond donors (Lipinski definition) is 2. The van der Waals surface area contributed by atoms with Crippen molar-refractivity contribution in [2.24, 2.45) is 15.0 Å². The molecule has 48 heavy (non-hydrogen) atoms. The first-order valence-electron chi connectivity index (χ1n) is 15.2. The molecule has 9 nitrogen and oxygen atoms in total. The van der Waals surface area contributed by atoms with Crippen molar-refractivity contribution in [3.8, 4) is 0 Å². The van der Waals surface area contributed by atoms with Gasteiger partial charge in [0.15, 0.2) is 0 Å². The largest absolute Gasteiger partial charge is 0.512 e. The third-order valence-electron chi connectivity index (χ3n) is 8.82. The van der Waals surface area contributed by atoms with E-state index in [9.17, 15) is 23.5 Å². The first-order chi connectivity index (χ1) is 22.7. The van der Waals surface area contributed by atoms with Crippen LogP contribution in [0.4, 0.5) is 8.78 Å². The molecule has 250 valence electrons. The molecule has 0 amide bonds. The number of methoxy groups -OCH3 is 2. The van der Waals surface area contributed by atoms with Crippen molar-refractivity contribution in [3.63, 3.8) is 0 Å². The number of nitrogens with one attached hydrogen (secondary N) is 1. The van der Waals surface area contributed by atoms with Gasteiger partial charge in [-0.2, -0.15) is 8.78 Å². The van der Waals surface area contributed by atoms with Crippen LogP contribution in [0.5, 0.6) is 0 Å². The molecule has 0 fully saturated rings. The van der Waals surface area contributed by atoms with Crippen molar-refractivity contribution in [3.05, 3.63) is 96.3 Å². The average Bonchev–Trinajstić information content (AvgIpc) is 3.71. The third-order valence-corrected chi connectivity index (χ3v) is 9.15. The van der Waals surface area contributed by atoms with Crippen LogP contribution in [0.3, 0.4) is 0 Å². The van der Waals surface area contributed by atoms with Crippen LogP contribution in [0.2, 0.25) is 0 Å². The summed E-state index contributed by atoms with van der Waals surface area (Å²) in [5, 5.41) is 10.8. The Bertz CT molecular complexity index is 2110. The van der Waals surface area contributed by atoms with Crippen molar-refractivity contribution >= 4 is 57.9 Å². The Hall–Kier alpha value is -4.90. The van der Waals surface area contributed by atoms with Gasteiger partial charge in [-0.1, -0.05) is 11.6 Å². The van der Waals surface area contributed by atoms with Crippen molar-refractivity contribution in [2.75, 3.05) is 14.2 Å². The van der Waals surface area contributed by atoms with Crippen molar-refractivity contribution in [2.45, 2.75) is 60.3 Å². The van der Waals surface area contributed by atoms with Gasteiger partial charge >= 0.3 is 11.9 Å². The number of allylic oxidation sites excluding steroid dienone is 9. The van der Waals surface area contributed by atoms with Crippen LogP contribution in [0, 0.1) is 6.92 Å². The van der Waals surface area contributed by atoms with E-state index in [4.69, 9.17) is 36.1 Å². The second-order valence-electron chi connectivity index (χ2n) is 11.7. The molecule has 2 N–H and O–H groups in total. The maximum Gasteiger partial charge on any atom is 0.305 e. The lowest BCUT2D eigenvalue weighted by atomic mass is 9.96. The minimum absolute atomic E-state index is 0.0380. The number of aliphatic hydroxyl groups excluding tert-OH is 1. The molecule has 0 saturated carbocycles. The maximum absolute atomic E-state index is 14.0. The van der Waals surface area contributed by atoms with Gasteiger partial charge in [-0.05, 0) is 105 Å². The highest BCUT2D eigenvalue weighted by Gasteiger charge is 2.28. The number of esters is 2. The molecule has 0 spiro atoms. The molecule has 8 bridgehead atoms. The summed E-state index contributed by atoms with van der Waals surface area (Å²) in [6.45, 7) is 8.82. The number of halogens is 3. The van der Waals surface area contributed by atoms with E-state index in [-0.39, 0.29) is 30.1 Å². The fourth-order valence-electron chi connectivity index (χ4n) is 6.16. The summed E-state index contributed by atoms with van der Waals surface area (Å²) in [5.41, 5.74) is 8.05. The van der Waals surface area contributed by atoms with Crippen LogP contribution in [0.15, 0.2) is 89.5 Å². The number of carbonyl (C=O) groups excluding carboxylic acids is 2. The van der Waals surface area contributed by atoms with Crippen molar-refractivity contribution in [1.82, 2.24) is 4.98 Å². The Kier molecular flexibility index (Phi) is 9.81. The van der Waals surface area contributed by atoms with Gasteiger partial charge in [0, 0.05) is 34.7 Å². The van der Waals surface area contributed by atoms with Gasteiger partial charge in [0.2, 0.25) is 0 Å². The molecule has 4 aliphatic heterocycles. The number of aliphatic imine (C=N–C) groups is 3. The molecule has 0 radical (unpaired) electrons. The van der Waals surface area contributed by atoms with Gasteiger partial charge in [-0.25, -0.2) is 15.0 Å². The zero-order valence-corrected chi connectivity index (χ0v) is 28.4. The quantitative estimate of drug-likeness (QED) is 0.253. The number of carbonyl (C=O) groups is 2. The highest BCUT2D eigenvalue weighted by Crippen LogP contribution is 2.37. The number of aromatic amines is 1. The second kappa shape index (κ2) is 13.7. The lowest BCUT2D eigenvalue weighted by Gasteiger charge is -2.08. The molecule has 4 aliphatic rings. The number of hydrogen-bond acceptors (Lipinski definition) is 8. The molecule has 0 aliphatic carbocycles. The van der Waals surface area contributed by atoms with Gasteiger partial charge in [0.1, 0.15) is 5.03 Å². The van der Waals surface area contributed by atoms with E-state index >= 15 is 0 Å². The average molecular weight is 677 g/mol. The molecule has 0 saturated heterocycles. The first-order valence-corrected chi connectivity index (χ1v) is 15.6. The van der Waals surface area contributed by atoms with Crippen molar-refractivity contribution < 1.29 is 33.0 Å². The minimum Gasteiger partial charge on any atom is -0.512 e. The zero-order valence-electron chi connectivity index (χ0n) is 27.7. The molecule has 5 heterocycles. The lowest BCUT2D eigenvalue weighted by molar-refractivity contribution is -0.141. The highest BCUT2D eigenvalue weighted by molar-refractivity contribution is 6.49. The van der Waals surface area contributed by atoms with E-state index in [1.54, 1.807) is 26.0 Å². The van der Waals surface area contributed by atoms with Crippen LogP contribution in [-0.2, 0) is 19.1 Å². The van der Waals surface area contributed by atoms with E-state index in [0.29, 0.717) is 74.5 Å². The normalized spacial score (nSPS) is 18.1. The smallest absolute Gasteiger partial charge is 0.305 e. The summed E-state index contributed by atoms with van der Waals surface area (Å²) in [7, 11) is 2.65. The molecular weight excluding hydrogens is 642 g/mol. The Morgan fingerprint density at radius 1 is 0.792 bits per heavy atom. The van der Waals surface area contributed by atoms with Crippen LogP contribution in [0.25, 0.3) is 17.2 Å². The highest BCUT2D eigenvalue weighted by atomic mass is 35.5. The predicted molar refractivity (Wildman–Crippen MR) is 183 cm³/mol. The number of H-pyrrole nitrogens is 1. The molecule has 0 unspecified atom stereocenters. The Labute approximate surface area is 281 Å². The minimum atomic E-state index is -2.04. The van der Waals surface area contributed by atoms with Gasteiger partial charge < -0.3 is 19.6 Å². The summed E-state index contributed by atoms with van der Waals surface area (Å²) < 4.78 is 37.8. The van der Waals surface area contributed by atoms with Gasteiger partial charge in [0.05, 0.1) is 54.2 Å². The summed E-state index contributed by atoms with van der Waals surface area (Å²) >= 11 is 6.21. The van der Waals surface area contributed by atoms with Crippen LogP contribution in [0.1, 0.15) is 64.5 Å². The van der Waals surface area contributed by atoms with E-state index in [1.165, 1.54) is 14.2 Å². The van der Waals surface area contributed by atoms with E-state index in [0.717, 1.165) is 22.3 Å². The van der Waals surface area contributed by atoms with Gasteiger partial charge in [-0.15, -0.1) is 0 Å². The summed E-state index contributed by atoms with van der Waals surface area (Å²) in [6, 6.07) is 0.